The van der Waals surface area contributed by atoms with Crippen molar-refractivity contribution in [2.75, 3.05) is 0 Å². The third-order valence-electron chi connectivity index (χ3n) is 6.08. The number of hydrogen-bond acceptors (Lipinski definition) is 0. The van der Waals surface area contributed by atoms with E-state index in [1.165, 1.54) is 43.6 Å². The quantitative estimate of drug-likeness (QED) is 0.297. The Hall–Kier alpha value is -4.04. The lowest BCUT2D eigenvalue weighted by Gasteiger charge is -2.08. The Morgan fingerprint density at radius 2 is 1.30 bits per heavy atom. The molecule has 0 saturated heterocycles. The van der Waals surface area contributed by atoms with Crippen molar-refractivity contribution < 1.29 is 0 Å². The predicted octanol–water partition coefficient (Wildman–Crippen LogP) is 7.64. The molecule has 2 heteroatoms. The topological polar surface area (TPSA) is 9.86 Å². The average molecular weight is 384 g/mol. The first-order valence-corrected chi connectivity index (χ1v) is 10.1. The van der Waals surface area contributed by atoms with Crippen molar-refractivity contribution in [3.63, 3.8) is 0 Å². The van der Waals surface area contributed by atoms with Gasteiger partial charge >= 0.3 is 0 Å². The summed E-state index contributed by atoms with van der Waals surface area (Å²) in [6.45, 7) is 8.00. The number of fused-ring (bicyclic) bond motifs is 7. The highest BCUT2D eigenvalue weighted by Gasteiger charge is 2.18. The summed E-state index contributed by atoms with van der Waals surface area (Å²) in [6, 6.07) is 30.2. The summed E-state index contributed by atoms with van der Waals surface area (Å²) in [5.41, 5.74) is 7.05. The van der Waals surface area contributed by atoms with Gasteiger partial charge in [0.15, 0.2) is 0 Å². The normalized spacial score (nSPS) is 11.6. The average Bonchev–Trinajstić information content (AvgIpc) is 3.31. The van der Waals surface area contributed by atoms with Crippen LogP contribution >= 0.6 is 0 Å². The lowest BCUT2D eigenvalue weighted by Crippen LogP contribution is -1.93. The van der Waals surface area contributed by atoms with Gasteiger partial charge in [-0.05, 0) is 35.9 Å². The summed E-state index contributed by atoms with van der Waals surface area (Å²) in [6.07, 6.45) is 3.80. The second-order valence-corrected chi connectivity index (χ2v) is 7.57. The summed E-state index contributed by atoms with van der Waals surface area (Å²) < 4.78 is 4.58. The monoisotopic (exact) mass is 384 g/mol. The maximum Gasteiger partial charge on any atom is 0.0635 e. The number of benzene rings is 4. The number of nitrogens with zero attached hydrogens (tertiary/aromatic N) is 2. The highest BCUT2D eigenvalue weighted by atomic mass is 15.0. The van der Waals surface area contributed by atoms with Crippen molar-refractivity contribution in [3.05, 3.63) is 104 Å². The first-order chi connectivity index (χ1) is 14.8. The predicted molar refractivity (Wildman–Crippen MR) is 130 cm³/mol. The Balaban J connectivity index is 1.85. The van der Waals surface area contributed by atoms with Gasteiger partial charge in [-0.3, -0.25) is 0 Å². The van der Waals surface area contributed by atoms with Crippen LogP contribution < -0.4 is 0 Å². The van der Waals surface area contributed by atoms with Gasteiger partial charge in [0.25, 0.3) is 0 Å². The van der Waals surface area contributed by atoms with Crippen molar-refractivity contribution >= 4 is 55.9 Å². The molecule has 0 radical (unpaired) electrons. The first kappa shape index (κ1) is 16.9. The molecule has 0 aliphatic rings. The molecule has 142 valence electrons. The molecular formula is C28H20N2. The lowest BCUT2D eigenvalue weighted by atomic mass is 10.1. The largest absolute Gasteiger partial charge is 0.316 e. The maximum atomic E-state index is 4.12. The third-order valence-corrected chi connectivity index (χ3v) is 6.08. The van der Waals surface area contributed by atoms with Gasteiger partial charge in [0.1, 0.15) is 0 Å². The first-order valence-electron chi connectivity index (χ1n) is 10.1. The fourth-order valence-electron chi connectivity index (χ4n) is 4.77. The Kier molecular flexibility index (Phi) is 3.50. The summed E-state index contributed by atoms with van der Waals surface area (Å²) in [5.74, 6) is 0. The molecule has 6 aromatic rings. The van der Waals surface area contributed by atoms with Crippen LogP contribution in [0.4, 0.5) is 0 Å². The molecule has 0 atom stereocenters. The standard InChI is InChI=1S/C28H20N2/c1-3-19-13-15-20(16-14-19)30-25-12-8-6-10-23(25)27-26(30)18-17-22-21-9-5-7-11-24(21)29(4-2)28(22)27/h3-18H,1-2H2. The lowest BCUT2D eigenvalue weighted by molar-refractivity contribution is 1.18. The number of rotatable bonds is 3. The minimum atomic E-state index is 1.12. The van der Waals surface area contributed by atoms with E-state index in [0.717, 1.165) is 11.3 Å². The van der Waals surface area contributed by atoms with E-state index < -0.39 is 0 Å². The number of para-hydroxylation sites is 2. The van der Waals surface area contributed by atoms with Crippen LogP contribution in [-0.2, 0) is 0 Å². The van der Waals surface area contributed by atoms with Gasteiger partial charge in [0, 0.05) is 33.4 Å². The summed E-state index contributed by atoms with van der Waals surface area (Å²) in [7, 11) is 0. The van der Waals surface area contributed by atoms with Gasteiger partial charge in [0.2, 0.25) is 0 Å². The van der Waals surface area contributed by atoms with Crippen LogP contribution in [0.5, 0.6) is 0 Å². The zero-order chi connectivity index (χ0) is 20.2. The van der Waals surface area contributed by atoms with E-state index in [0.29, 0.717) is 0 Å². The molecule has 2 nitrogen and oxygen atoms in total. The summed E-state index contributed by atoms with van der Waals surface area (Å²) in [5, 5.41) is 5.01. The molecule has 0 saturated carbocycles. The molecule has 6 rings (SSSR count). The van der Waals surface area contributed by atoms with E-state index in [1.807, 2.05) is 12.3 Å². The van der Waals surface area contributed by atoms with E-state index in [4.69, 9.17) is 0 Å². The molecule has 0 aliphatic heterocycles. The minimum Gasteiger partial charge on any atom is -0.316 e. The maximum absolute atomic E-state index is 4.12. The molecular weight excluding hydrogens is 364 g/mol. The van der Waals surface area contributed by atoms with Crippen molar-refractivity contribution in [2.45, 2.75) is 0 Å². The van der Waals surface area contributed by atoms with Crippen LogP contribution in [0.15, 0.2) is 98.1 Å². The van der Waals surface area contributed by atoms with E-state index in [9.17, 15) is 0 Å². The molecule has 2 aromatic heterocycles. The molecule has 0 unspecified atom stereocenters. The molecule has 4 aromatic carbocycles. The van der Waals surface area contributed by atoms with Crippen molar-refractivity contribution in [1.82, 2.24) is 9.13 Å². The zero-order valence-electron chi connectivity index (χ0n) is 16.5. The third kappa shape index (κ3) is 2.13. The fraction of sp³-hybridized carbons (Fsp3) is 0. The van der Waals surface area contributed by atoms with Crippen LogP contribution in [0.3, 0.4) is 0 Å². The van der Waals surface area contributed by atoms with Gasteiger partial charge in [-0.15, -0.1) is 0 Å². The SMILES string of the molecule is C=Cc1ccc(-n2c3ccccc3c3c4c(ccc32)c2ccccc2n4C=C)cc1. The van der Waals surface area contributed by atoms with E-state index in [1.54, 1.807) is 0 Å². The zero-order valence-corrected chi connectivity index (χ0v) is 16.5. The Morgan fingerprint density at radius 1 is 0.600 bits per heavy atom. The second kappa shape index (κ2) is 6.23. The molecule has 0 spiro atoms. The molecule has 2 heterocycles. The Morgan fingerprint density at radius 3 is 2.03 bits per heavy atom. The van der Waals surface area contributed by atoms with Crippen molar-refractivity contribution in [1.29, 1.82) is 0 Å². The molecule has 0 N–H and O–H groups in total. The summed E-state index contributed by atoms with van der Waals surface area (Å²) >= 11 is 0. The Labute approximate surface area is 174 Å². The van der Waals surface area contributed by atoms with Gasteiger partial charge in [-0.1, -0.05) is 73.8 Å². The summed E-state index contributed by atoms with van der Waals surface area (Å²) in [4.78, 5) is 0. The second-order valence-electron chi connectivity index (χ2n) is 7.57. The molecule has 0 fully saturated rings. The van der Waals surface area contributed by atoms with E-state index in [2.05, 4.69) is 107 Å². The number of aromatic nitrogens is 2. The molecule has 0 amide bonds. The highest BCUT2D eigenvalue weighted by molar-refractivity contribution is 6.26. The van der Waals surface area contributed by atoms with Crippen molar-refractivity contribution in [2.24, 2.45) is 0 Å². The van der Waals surface area contributed by atoms with Crippen LogP contribution in [0.1, 0.15) is 5.56 Å². The fourth-order valence-corrected chi connectivity index (χ4v) is 4.77. The van der Waals surface area contributed by atoms with Gasteiger partial charge in [0.05, 0.1) is 22.1 Å². The van der Waals surface area contributed by atoms with Crippen LogP contribution in [0, 0.1) is 0 Å². The van der Waals surface area contributed by atoms with Crippen LogP contribution in [-0.4, -0.2) is 9.13 Å². The van der Waals surface area contributed by atoms with Gasteiger partial charge in [-0.2, -0.15) is 0 Å². The minimum absolute atomic E-state index is 1.12. The molecule has 30 heavy (non-hydrogen) atoms. The van der Waals surface area contributed by atoms with Gasteiger partial charge in [-0.25, -0.2) is 0 Å². The smallest absolute Gasteiger partial charge is 0.0635 e. The Bertz CT molecular complexity index is 1610. The van der Waals surface area contributed by atoms with Crippen molar-refractivity contribution in [3.8, 4) is 5.69 Å². The highest BCUT2D eigenvalue weighted by Crippen LogP contribution is 2.40. The van der Waals surface area contributed by atoms with E-state index >= 15 is 0 Å². The molecule has 0 bridgehead atoms. The van der Waals surface area contributed by atoms with Gasteiger partial charge < -0.3 is 9.13 Å². The number of hydrogen-bond donors (Lipinski definition) is 0. The van der Waals surface area contributed by atoms with Crippen LogP contribution in [0.25, 0.3) is 61.6 Å². The van der Waals surface area contributed by atoms with E-state index in [-0.39, 0.29) is 0 Å². The van der Waals surface area contributed by atoms with Crippen LogP contribution in [0.2, 0.25) is 0 Å². The molecule has 0 aliphatic carbocycles.